The van der Waals surface area contributed by atoms with Crippen molar-refractivity contribution in [3.63, 3.8) is 0 Å². The summed E-state index contributed by atoms with van der Waals surface area (Å²) in [5.74, 6) is -0.0202. The minimum absolute atomic E-state index is 0.00198. The molecule has 1 aliphatic heterocycles. The number of nitrogens with one attached hydrogen (secondary N) is 2. The van der Waals surface area contributed by atoms with Crippen LogP contribution < -0.4 is 5.32 Å². The van der Waals surface area contributed by atoms with E-state index >= 15 is 0 Å². The molecule has 2 aliphatic rings. The van der Waals surface area contributed by atoms with Crippen LogP contribution in [0.1, 0.15) is 18.5 Å². The minimum atomic E-state index is -0.933. The first-order chi connectivity index (χ1) is 9.66. The molecule has 1 aromatic rings. The average molecular weight is 296 g/mol. The van der Waals surface area contributed by atoms with E-state index in [1.165, 1.54) is 4.90 Å². The lowest BCUT2D eigenvalue weighted by Crippen LogP contribution is -2.50. The van der Waals surface area contributed by atoms with Gasteiger partial charge in [-0.1, -0.05) is 0 Å². The van der Waals surface area contributed by atoms with Crippen LogP contribution in [0.2, 0.25) is 0 Å². The molecule has 0 aromatic carbocycles. The number of thioether (sulfide) groups is 1. The zero-order valence-electron chi connectivity index (χ0n) is 10.8. The number of carboxylic acids is 1. The summed E-state index contributed by atoms with van der Waals surface area (Å²) < 4.78 is 0. The molecule has 108 valence electrons. The first-order valence-corrected chi connectivity index (χ1v) is 7.59. The first-order valence-electron chi connectivity index (χ1n) is 6.54. The van der Waals surface area contributed by atoms with Crippen LogP contribution in [-0.2, 0) is 11.3 Å². The number of aliphatic carboxylic acids is 1. The Hall–Kier alpha value is -1.70. The Kier molecular flexibility index (Phi) is 3.56. The van der Waals surface area contributed by atoms with E-state index in [1.807, 2.05) is 0 Å². The maximum absolute atomic E-state index is 12.3. The summed E-state index contributed by atoms with van der Waals surface area (Å²) in [5, 5.41) is 12.0. The molecule has 1 saturated heterocycles. The summed E-state index contributed by atoms with van der Waals surface area (Å²) in [6.45, 7) is 0.323. The molecular formula is C12H16N4O3S. The van der Waals surface area contributed by atoms with Crippen LogP contribution in [0.4, 0.5) is 4.79 Å². The monoisotopic (exact) mass is 296 g/mol. The molecule has 7 nitrogen and oxygen atoms in total. The summed E-state index contributed by atoms with van der Waals surface area (Å²) in [7, 11) is 0. The van der Waals surface area contributed by atoms with Gasteiger partial charge in [0.1, 0.15) is 6.04 Å². The summed E-state index contributed by atoms with van der Waals surface area (Å²) in [6.07, 6.45) is 5.33. The number of aromatic amines is 1. The van der Waals surface area contributed by atoms with Crippen molar-refractivity contribution in [3.8, 4) is 0 Å². The molecule has 0 spiro atoms. The molecule has 3 N–H and O–H groups in total. The quantitative estimate of drug-likeness (QED) is 0.765. The SMILES string of the molecule is O=C(O)C1CSC(C2CC2)N1C(=O)NCc1cnc[nH]1. The second kappa shape index (κ2) is 5.35. The van der Waals surface area contributed by atoms with Gasteiger partial charge in [-0.2, -0.15) is 0 Å². The maximum atomic E-state index is 12.3. The highest BCUT2D eigenvalue weighted by Gasteiger charge is 2.48. The molecule has 0 radical (unpaired) electrons. The maximum Gasteiger partial charge on any atom is 0.327 e. The number of carbonyl (C=O) groups excluding carboxylic acids is 1. The molecule has 1 saturated carbocycles. The molecule has 8 heteroatoms. The number of imidazole rings is 1. The second-order valence-electron chi connectivity index (χ2n) is 5.06. The van der Waals surface area contributed by atoms with Gasteiger partial charge in [0.2, 0.25) is 0 Å². The smallest absolute Gasteiger partial charge is 0.327 e. The lowest BCUT2D eigenvalue weighted by Gasteiger charge is -2.27. The summed E-state index contributed by atoms with van der Waals surface area (Å²) in [6, 6.07) is -1.04. The van der Waals surface area contributed by atoms with Crippen LogP contribution in [0.15, 0.2) is 12.5 Å². The van der Waals surface area contributed by atoms with Gasteiger partial charge in [0.15, 0.2) is 0 Å². The standard InChI is InChI=1S/C12H16N4O3S/c17-11(18)9-5-20-10(7-1-2-7)16(9)12(19)14-4-8-3-13-6-15-8/h3,6-7,9-10H,1-2,4-5H2,(H,13,15)(H,14,19)(H,17,18). The van der Waals surface area contributed by atoms with Crippen molar-refractivity contribution in [1.82, 2.24) is 20.2 Å². The van der Waals surface area contributed by atoms with E-state index in [-0.39, 0.29) is 11.4 Å². The number of aromatic nitrogens is 2. The number of nitrogens with zero attached hydrogens (tertiary/aromatic N) is 2. The third-order valence-corrected chi connectivity index (χ3v) is 5.03. The van der Waals surface area contributed by atoms with Crippen LogP contribution in [0.5, 0.6) is 0 Å². The minimum Gasteiger partial charge on any atom is -0.480 e. The number of urea groups is 1. The van der Waals surface area contributed by atoms with Gasteiger partial charge < -0.3 is 15.4 Å². The Morgan fingerprint density at radius 3 is 2.95 bits per heavy atom. The Bertz CT molecular complexity index is 503. The average Bonchev–Trinajstić information content (AvgIpc) is 2.97. The van der Waals surface area contributed by atoms with Crippen molar-refractivity contribution in [2.45, 2.75) is 30.8 Å². The number of carbonyl (C=O) groups is 2. The third-order valence-electron chi connectivity index (χ3n) is 3.56. The van der Waals surface area contributed by atoms with E-state index in [1.54, 1.807) is 24.3 Å². The molecule has 2 fully saturated rings. The number of rotatable bonds is 4. The van der Waals surface area contributed by atoms with Gasteiger partial charge in [0.05, 0.1) is 23.9 Å². The van der Waals surface area contributed by atoms with Crippen molar-refractivity contribution < 1.29 is 14.7 Å². The van der Waals surface area contributed by atoms with E-state index in [0.717, 1.165) is 18.5 Å². The van der Waals surface area contributed by atoms with Crippen molar-refractivity contribution in [2.75, 3.05) is 5.75 Å². The van der Waals surface area contributed by atoms with Gasteiger partial charge in [-0.05, 0) is 18.8 Å². The zero-order valence-corrected chi connectivity index (χ0v) is 11.6. The number of carboxylic acid groups (broad SMARTS) is 1. The van der Waals surface area contributed by atoms with Gasteiger partial charge in [-0.25, -0.2) is 14.6 Å². The van der Waals surface area contributed by atoms with Gasteiger partial charge in [0, 0.05) is 11.9 Å². The molecule has 0 bridgehead atoms. The summed E-state index contributed by atoms with van der Waals surface area (Å²) in [4.78, 5) is 31.9. The highest BCUT2D eigenvalue weighted by molar-refractivity contribution is 8.00. The number of hydrogen-bond acceptors (Lipinski definition) is 4. The molecule has 2 heterocycles. The van der Waals surface area contributed by atoms with E-state index in [9.17, 15) is 14.7 Å². The number of H-pyrrole nitrogens is 1. The molecule has 2 unspecified atom stereocenters. The van der Waals surface area contributed by atoms with Crippen LogP contribution in [0.3, 0.4) is 0 Å². The fourth-order valence-electron chi connectivity index (χ4n) is 2.36. The molecule has 3 rings (SSSR count). The van der Waals surface area contributed by atoms with Crippen LogP contribution in [-0.4, -0.2) is 49.1 Å². The van der Waals surface area contributed by atoms with Crippen molar-refractivity contribution in [3.05, 3.63) is 18.2 Å². The second-order valence-corrected chi connectivity index (χ2v) is 6.21. The predicted molar refractivity (Wildman–Crippen MR) is 73.1 cm³/mol. The molecule has 2 atom stereocenters. The van der Waals surface area contributed by atoms with E-state index in [2.05, 4.69) is 15.3 Å². The Balaban J connectivity index is 1.67. The molecule has 2 amide bonds. The van der Waals surface area contributed by atoms with E-state index in [0.29, 0.717) is 18.2 Å². The Morgan fingerprint density at radius 2 is 2.35 bits per heavy atom. The van der Waals surface area contributed by atoms with Crippen molar-refractivity contribution in [1.29, 1.82) is 0 Å². The lowest BCUT2D eigenvalue weighted by molar-refractivity contribution is -0.141. The van der Waals surface area contributed by atoms with Gasteiger partial charge >= 0.3 is 12.0 Å². The van der Waals surface area contributed by atoms with Crippen LogP contribution >= 0.6 is 11.8 Å². The zero-order chi connectivity index (χ0) is 14.1. The van der Waals surface area contributed by atoms with E-state index in [4.69, 9.17) is 0 Å². The molecular weight excluding hydrogens is 280 g/mol. The fraction of sp³-hybridized carbons (Fsp3) is 0.583. The summed E-state index contributed by atoms with van der Waals surface area (Å²) in [5.41, 5.74) is 0.792. The molecule has 1 aliphatic carbocycles. The lowest BCUT2D eigenvalue weighted by atomic mass is 10.2. The van der Waals surface area contributed by atoms with Crippen molar-refractivity contribution in [2.24, 2.45) is 5.92 Å². The van der Waals surface area contributed by atoms with Gasteiger partial charge in [-0.15, -0.1) is 11.8 Å². The first kappa shape index (κ1) is 13.3. The summed E-state index contributed by atoms with van der Waals surface area (Å²) >= 11 is 1.57. The van der Waals surface area contributed by atoms with E-state index < -0.39 is 12.0 Å². The van der Waals surface area contributed by atoms with Crippen LogP contribution in [0, 0.1) is 5.92 Å². The highest BCUT2D eigenvalue weighted by Crippen LogP contribution is 2.45. The Morgan fingerprint density at radius 1 is 1.55 bits per heavy atom. The highest BCUT2D eigenvalue weighted by atomic mass is 32.2. The fourth-order valence-corrected chi connectivity index (χ4v) is 3.99. The van der Waals surface area contributed by atoms with Crippen LogP contribution in [0.25, 0.3) is 0 Å². The largest absolute Gasteiger partial charge is 0.480 e. The molecule has 20 heavy (non-hydrogen) atoms. The van der Waals surface area contributed by atoms with Gasteiger partial charge in [0.25, 0.3) is 0 Å². The molecule has 1 aromatic heterocycles. The Labute approximate surface area is 120 Å². The normalized spacial score (nSPS) is 25.7. The number of hydrogen-bond donors (Lipinski definition) is 3. The predicted octanol–water partition coefficient (Wildman–Crippen LogP) is 0.857. The topological polar surface area (TPSA) is 98.3 Å². The third kappa shape index (κ3) is 2.60. The van der Waals surface area contributed by atoms with Crippen molar-refractivity contribution >= 4 is 23.8 Å². The van der Waals surface area contributed by atoms with Gasteiger partial charge in [-0.3, -0.25) is 4.90 Å². The number of amides is 2.